The van der Waals surface area contributed by atoms with Crippen LogP contribution in [-0.2, 0) is 6.18 Å². The molecule has 1 fully saturated rings. The molecule has 0 atom stereocenters. The molecule has 2 heterocycles. The minimum atomic E-state index is -4.50. The van der Waals surface area contributed by atoms with Crippen LogP contribution in [0, 0.1) is 5.92 Å². The van der Waals surface area contributed by atoms with Gasteiger partial charge in [-0.1, -0.05) is 13.0 Å². The smallest absolute Gasteiger partial charge is 0.339 e. The van der Waals surface area contributed by atoms with Crippen LogP contribution in [0.3, 0.4) is 0 Å². The van der Waals surface area contributed by atoms with Crippen molar-refractivity contribution in [1.82, 2.24) is 9.88 Å². The summed E-state index contributed by atoms with van der Waals surface area (Å²) < 4.78 is 38.4. The summed E-state index contributed by atoms with van der Waals surface area (Å²) in [6.45, 7) is 3.46. The van der Waals surface area contributed by atoms with Gasteiger partial charge in [-0.15, -0.1) is 0 Å². The molecule has 0 radical (unpaired) electrons. The van der Waals surface area contributed by atoms with Crippen LogP contribution >= 0.6 is 0 Å². The number of carbonyl (C=O) groups is 2. The van der Waals surface area contributed by atoms with Gasteiger partial charge in [0.15, 0.2) is 0 Å². The Labute approximate surface area is 160 Å². The maximum absolute atomic E-state index is 12.8. The number of alkyl halides is 3. The van der Waals surface area contributed by atoms with E-state index in [4.69, 9.17) is 0 Å². The van der Waals surface area contributed by atoms with Gasteiger partial charge in [0.05, 0.1) is 5.56 Å². The van der Waals surface area contributed by atoms with Crippen LogP contribution in [0.2, 0.25) is 0 Å². The average molecular weight is 391 g/mol. The lowest BCUT2D eigenvalue weighted by molar-refractivity contribution is -0.137. The number of likely N-dealkylation sites (tertiary alicyclic amines) is 1. The molecule has 0 saturated carbocycles. The molecule has 5 nitrogen and oxygen atoms in total. The summed E-state index contributed by atoms with van der Waals surface area (Å²) in [5.74, 6) is -0.279. The van der Waals surface area contributed by atoms with Crippen LogP contribution in [0.15, 0.2) is 42.6 Å². The van der Waals surface area contributed by atoms with E-state index in [1.807, 2.05) is 0 Å². The van der Waals surface area contributed by atoms with E-state index >= 15 is 0 Å². The molecule has 8 heteroatoms. The number of benzene rings is 1. The molecule has 2 amide bonds. The first-order valence-electron chi connectivity index (χ1n) is 8.98. The van der Waals surface area contributed by atoms with E-state index in [0.717, 1.165) is 25.0 Å². The monoisotopic (exact) mass is 391 g/mol. The predicted octanol–water partition coefficient (Wildman–Crippen LogP) is 4.22. The SMILES string of the molecule is CC1CCN(C(=O)c2ccnc(C(=O)Nc3cccc(C(F)(F)F)c3)c2)CC1. The zero-order valence-corrected chi connectivity index (χ0v) is 15.3. The molecule has 0 aliphatic carbocycles. The Morgan fingerprint density at radius 2 is 1.86 bits per heavy atom. The van der Waals surface area contributed by atoms with Gasteiger partial charge in [0, 0.05) is 30.5 Å². The number of piperidine rings is 1. The molecule has 3 rings (SSSR count). The number of pyridine rings is 1. The molecule has 28 heavy (non-hydrogen) atoms. The largest absolute Gasteiger partial charge is 0.416 e. The molecular weight excluding hydrogens is 371 g/mol. The predicted molar refractivity (Wildman–Crippen MR) is 97.9 cm³/mol. The van der Waals surface area contributed by atoms with Gasteiger partial charge < -0.3 is 10.2 Å². The Balaban J connectivity index is 1.73. The second-order valence-electron chi connectivity index (χ2n) is 6.94. The van der Waals surface area contributed by atoms with Crippen LogP contribution in [0.25, 0.3) is 0 Å². The van der Waals surface area contributed by atoms with Gasteiger partial charge in [-0.25, -0.2) is 0 Å². The van der Waals surface area contributed by atoms with E-state index in [1.54, 1.807) is 4.90 Å². The standard InChI is InChI=1S/C20H20F3N3O2/c1-13-6-9-26(10-7-13)19(28)14-5-8-24-17(11-14)18(27)25-16-4-2-3-15(12-16)20(21,22)23/h2-5,8,11-13H,6-7,9-10H2,1H3,(H,25,27). The molecular formula is C20H20F3N3O2. The minimum Gasteiger partial charge on any atom is -0.339 e. The number of nitrogens with one attached hydrogen (secondary N) is 1. The molecule has 0 unspecified atom stereocenters. The normalized spacial score (nSPS) is 15.4. The van der Waals surface area contributed by atoms with E-state index in [9.17, 15) is 22.8 Å². The summed E-state index contributed by atoms with van der Waals surface area (Å²) >= 11 is 0. The summed E-state index contributed by atoms with van der Waals surface area (Å²) in [7, 11) is 0. The third kappa shape index (κ3) is 4.68. The first-order valence-corrected chi connectivity index (χ1v) is 8.98. The molecule has 1 saturated heterocycles. The Hall–Kier alpha value is -2.90. The summed E-state index contributed by atoms with van der Waals surface area (Å²) in [6.07, 6.45) is -1.29. The maximum Gasteiger partial charge on any atom is 0.416 e. The van der Waals surface area contributed by atoms with Crippen molar-refractivity contribution < 1.29 is 22.8 Å². The second-order valence-corrected chi connectivity index (χ2v) is 6.94. The van der Waals surface area contributed by atoms with Gasteiger partial charge in [-0.05, 0) is 49.1 Å². The molecule has 1 N–H and O–H groups in total. The number of hydrogen-bond acceptors (Lipinski definition) is 3. The van der Waals surface area contributed by atoms with E-state index in [2.05, 4.69) is 17.2 Å². The summed E-state index contributed by atoms with van der Waals surface area (Å²) in [5, 5.41) is 2.40. The fourth-order valence-electron chi connectivity index (χ4n) is 3.05. The zero-order valence-electron chi connectivity index (χ0n) is 15.3. The number of rotatable bonds is 3. The number of hydrogen-bond donors (Lipinski definition) is 1. The molecule has 0 spiro atoms. The highest BCUT2D eigenvalue weighted by Gasteiger charge is 2.30. The van der Waals surface area contributed by atoms with E-state index < -0.39 is 17.6 Å². The fraction of sp³-hybridized carbons (Fsp3) is 0.350. The number of halogens is 3. The Morgan fingerprint density at radius 1 is 1.14 bits per heavy atom. The Kier molecular flexibility index (Phi) is 5.67. The highest BCUT2D eigenvalue weighted by Crippen LogP contribution is 2.30. The van der Waals surface area contributed by atoms with Crippen molar-refractivity contribution in [3.05, 3.63) is 59.4 Å². The van der Waals surface area contributed by atoms with Gasteiger partial charge in [0.2, 0.25) is 0 Å². The fourth-order valence-corrected chi connectivity index (χ4v) is 3.05. The molecule has 1 aromatic heterocycles. The van der Waals surface area contributed by atoms with Crippen molar-refractivity contribution in [3.63, 3.8) is 0 Å². The van der Waals surface area contributed by atoms with Crippen molar-refractivity contribution >= 4 is 17.5 Å². The molecule has 2 aromatic rings. The lowest BCUT2D eigenvalue weighted by Gasteiger charge is -2.30. The molecule has 148 valence electrons. The van der Waals surface area contributed by atoms with Gasteiger partial charge in [-0.3, -0.25) is 14.6 Å². The van der Waals surface area contributed by atoms with Crippen molar-refractivity contribution in [2.45, 2.75) is 25.9 Å². The molecule has 1 aromatic carbocycles. The maximum atomic E-state index is 12.8. The Morgan fingerprint density at radius 3 is 2.54 bits per heavy atom. The number of nitrogens with zero attached hydrogens (tertiary/aromatic N) is 2. The topological polar surface area (TPSA) is 62.3 Å². The zero-order chi connectivity index (χ0) is 20.3. The van der Waals surface area contributed by atoms with Crippen LogP contribution in [0.5, 0.6) is 0 Å². The van der Waals surface area contributed by atoms with Crippen molar-refractivity contribution in [2.24, 2.45) is 5.92 Å². The Bertz CT molecular complexity index is 875. The lowest BCUT2D eigenvalue weighted by Crippen LogP contribution is -2.38. The average Bonchev–Trinajstić information content (AvgIpc) is 2.67. The summed E-state index contributed by atoms with van der Waals surface area (Å²) in [6, 6.07) is 7.24. The van der Waals surface area contributed by atoms with Gasteiger partial charge in [-0.2, -0.15) is 13.2 Å². The molecule has 0 bridgehead atoms. The van der Waals surface area contributed by atoms with E-state index in [0.29, 0.717) is 24.6 Å². The number of amides is 2. The third-order valence-corrected chi connectivity index (χ3v) is 4.76. The number of carbonyl (C=O) groups excluding carboxylic acids is 2. The number of aromatic nitrogens is 1. The van der Waals surface area contributed by atoms with Crippen LogP contribution in [-0.4, -0.2) is 34.8 Å². The minimum absolute atomic E-state index is 0.00312. The highest BCUT2D eigenvalue weighted by molar-refractivity contribution is 6.04. The van der Waals surface area contributed by atoms with Crippen molar-refractivity contribution in [3.8, 4) is 0 Å². The van der Waals surface area contributed by atoms with Crippen LogP contribution in [0.1, 0.15) is 46.2 Å². The quantitative estimate of drug-likeness (QED) is 0.852. The lowest BCUT2D eigenvalue weighted by atomic mass is 9.98. The third-order valence-electron chi connectivity index (χ3n) is 4.76. The van der Waals surface area contributed by atoms with Gasteiger partial charge in [0.25, 0.3) is 11.8 Å². The molecule has 1 aliphatic rings. The van der Waals surface area contributed by atoms with Gasteiger partial charge in [0.1, 0.15) is 5.69 Å². The summed E-state index contributed by atoms with van der Waals surface area (Å²) in [4.78, 5) is 30.7. The number of anilines is 1. The first kappa shape index (κ1) is 19.9. The highest BCUT2D eigenvalue weighted by atomic mass is 19.4. The van der Waals surface area contributed by atoms with Crippen molar-refractivity contribution in [2.75, 3.05) is 18.4 Å². The van der Waals surface area contributed by atoms with Crippen LogP contribution < -0.4 is 5.32 Å². The van der Waals surface area contributed by atoms with Crippen molar-refractivity contribution in [1.29, 1.82) is 0 Å². The second kappa shape index (κ2) is 8.00. The van der Waals surface area contributed by atoms with Crippen LogP contribution in [0.4, 0.5) is 18.9 Å². The molecule has 1 aliphatic heterocycles. The van der Waals surface area contributed by atoms with Gasteiger partial charge >= 0.3 is 6.18 Å². The van der Waals surface area contributed by atoms with E-state index in [-0.39, 0.29) is 17.3 Å². The first-order chi connectivity index (χ1) is 13.2. The van der Waals surface area contributed by atoms with E-state index in [1.165, 1.54) is 30.5 Å². The summed E-state index contributed by atoms with van der Waals surface area (Å²) in [5.41, 5.74) is -0.558.